The molecule has 2 aromatic carbocycles. The maximum absolute atomic E-state index is 12.8. The average Bonchev–Trinajstić information content (AvgIpc) is 2.94. The zero-order chi connectivity index (χ0) is 21.2. The fourth-order valence-electron chi connectivity index (χ4n) is 2.99. The third-order valence-electron chi connectivity index (χ3n) is 4.36. The van der Waals surface area contributed by atoms with E-state index in [0.717, 1.165) is 39.2 Å². The normalized spacial score (nSPS) is 11.8. The molecule has 1 heterocycles. The van der Waals surface area contributed by atoms with Gasteiger partial charge in [0.2, 0.25) is 0 Å². The molecule has 0 saturated carbocycles. The lowest BCUT2D eigenvalue weighted by molar-refractivity contribution is -0.137. The van der Waals surface area contributed by atoms with Crippen LogP contribution < -0.4 is 5.43 Å². The summed E-state index contributed by atoms with van der Waals surface area (Å²) in [6.45, 7) is 3.87. The predicted octanol–water partition coefficient (Wildman–Crippen LogP) is 5.64. The van der Waals surface area contributed by atoms with Crippen LogP contribution >= 0.6 is 15.9 Å². The van der Waals surface area contributed by atoms with Crippen LogP contribution in [0, 0.1) is 13.8 Å². The van der Waals surface area contributed by atoms with Gasteiger partial charge in [0.05, 0.1) is 11.8 Å². The van der Waals surface area contributed by atoms with Crippen LogP contribution in [0.3, 0.4) is 0 Å². The van der Waals surface area contributed by atoms with Crippen molar-refractivity contribution in [2.75, 3.05) is 0 Å². The van der Waals surface area contributed by atoms with Gasteiger partial charge in [-0.25, -0.2) is 5.43 Å². The second-order valence-electron chi connectivity index (χ2n) is 6.42. The van der Waals surface area contributed by atoms with Gasteiger partial charge in [-0.05, 0) is 56.3 Å². The maximum Gasteiger partial charge on any atom is 0.416 e. The summed E-state index contributed by atoms with van der Waals surface area (Å²) in [5.74, 6) is -0.715. The van der Waals surface area contributed by atoms with E-state index in [-0.39, 0.29) is 5.56 Å². The van der Waals surface area contributed by atoms with Gasteiger partial charge in [0.25, 0.3) is 5.91 Å². The largest absolute Gasteiger partial charge is 0.416 e. The molecule has 0 fully saturated rings. The number of hydrogen-bond donors (Lipinski definition) is 1. The fourth-order valence-corrected chi connectivity index (χ4v) is 3.38. The van der Waals surface area contributed by atoms with Crippen LogP contribution in [-0.2, 0) is 6.18 Å². The number of rotatable bonds is 4. The summed E-state index contributed by atoms with van der Waals surface area (Å²) in [6, 6.07) is 13.9. The molecular formula is C21H17BrF3N3O. The van der Waals surface area contributed by atoms with E-state index in [9.17, 15) is 18.0 Å². The number of nitrogens with zero attached hydrogens (tertiary/aromatic N) is 2. The number of alkyl halides is 3. The number of hydrazone groups is 1. The first-order valence-electron chi connectivity index (χ1n) is 8.62. The Bertz CT molecular complexity index is 1090. The topological polar surface area (TPSA) is 46.4 Å². The highest BCUT2D eigenvalue weighted by Crippen LogP contribution is 2.29. The molecule has 0 aliphatic carbocycles. The summed E-state index contributed by atoms with van der Waals surface area (Å²) >= 11 is 3.46. The Hall–Kier alpha value is -2.87. The van der Waals surface area contributed by atoms with Gasteiger partial charge in [-0.3, -0.25) is 4.79 Å². The smallest absolute Gasteiger partial charge is 0.318 e. The van der Waals surface area contributed by atoms with Crippen LogP contribution in [0.5, 0.6) is 0 Å². The van der Waals surface area contributed by atoms with E-state index in [0.29, 0.717) is 0 Å². The summed E-state index contributed by atoms with van der Waals surface area (Å²) in [7, 11) is 0. The highest BCUT2D eigenvalue weighted by atomic mass is 79.9. The zero-order valence-corrected chi connectivity index (χ0v) is 17.2. The first-order chi connectivity index (χ1) is 13.7. The lowest BCUT2D eigenvalue weighted by atomic mass is 10.1. The van der Waals surface area contributed by atoms with E-state index in [1.807, 2.05) is 48.7 Å². The third-order valence-corrected chi connectivity index (χ3v) is 4.85. The molecule has 0 saturated heterocycles. The van der Waals surface area contributed by atoms with E-state index in [1.165, 1.54) is 18.3 Å². The van der Waals surface area contributed by atoms with Crippen LogP contribution in [-0.4, -0.2) is 16.7 Å². The molecule has 8 heteroatoms. The minimum Gasteiger partial charge on any atom is -0.318 e. The highest BCUT2D eigenvalue weighted by Gasteiger charge is 2.30. The van der Waals surface area contributed by atoms with Crippen molar-refractivity contribution in [1.29, 1.82) is 0 Å². The lowest BCUT2D eigenvalue weighted by Gasteiger charge is -2.10. The SMILES string of the molecule is Cc1cc(/C=N\NC(=O)c2cccc(C(F)(F)F)c2)c(C)n1-c1cccc(Br)c1. The molecule has 1 N–H and O–H groups in total. The van der Waals surface area contributed by atoms with Crippen molar-refractivity contribution >= 4 is 28.1 Å². The molecule has 0 spiro atoms. The standard InChI is InChI=1S/C21H17BrF3N3O/c1-13-9-16(14(2)28(13)19-8-4-7-18(22)11-19)12-26-27-20(29)15-5-3-6-17(10-15)21(23,24)25/h3-12H,1-2H3,(H,27,29)/b26-12-. The van der Waals surface area contributed by atoms with E-state index in [4.69, 9.17) is 0 Å². The molecule has 0 aliphatic rings. The van der Waals surface area contributed by atoms with E-state index in [2.05, 4.69) is 26.5 Å². The van der Waals surface area contributed by atoms with Crippen molar-refractivity contribution in [2.45, 2.75) is 20.0 Å². The molecule has 0 aliphatic heterocycles. The van der Waals surface area contributed by atoms with Crippen molar-refractivity contribution < 1.29 is 18.0 Å². The summed E-state index contributed by atoms with van der Waals surface area (Å²) in [4.78, 5) is 12.1. The van der Waals surface area contributed by atoms with E-state index < -0.39 is 17.6 Å². The highest BCUT2D eigenvalue weighted by molar-refractivity contribution is 9.10. The number of halogens is 4. The third kappa shape index (κ3) is 4.76. The van der Waals surface area contributed by atoms with Crippen LogP contribution in [0.25, 0.3) is 5.69 Å². The van der Waals surface area contributed by atoms with E-state index in [1.54, 1.807) is 0 Å². The molecule has 0 bridgehead atoms. The summed E-state index contributed by atoms with van der Waals surface area (Å²) in [6.07, 6.45) is -3.04. The maximum atomic E-state index is 12.8. The van der Waals surface area contributed by atoms with E-state index >= 15 is 0 Å². The first kappa shape index (κ1) is 20.9. The van der Waals surface area contributed by atoms with Gasteiger partial charge in [0.15, 0.2) is 0 Å². The summed E-state index contributed by atoms with van der Waals surface area (Å²) in [5, 5.41) is 3.91. The zero-order valence-electron chi connectivity index (χ0n) is 15.6. The van der Waals surface area contributed by atoms with Gasteiger partial charge in [-0.15, -0.1) is 0 Å². The van der Waals surface area contributed by atoms with Crippen molar-refractivity contribution in [2.24, 2.45) is 5.10 Å². The minimum absolute atomic E-state index is 0.114. The molecule has 3 rings (SSSR count). The van der Waals surface area contributed by atoms with Gasteiger partial charge < -0.3 is 4.57 Å². The molecular weight excluding hydrogens is 447 g/mol. The molecule has 0 unspecified atom stereocenters. The van der Waals surface area contributed by atoms with Crippen LogP contribution in [0.15, 0.2) is 64.2 Å². The lowest BCUT2D eigenvalue weighted by Crippen LogP contribution is -2.18. The Morgan fingerprint density at radius 2 is 1.83 bits per heavy atom. The number of amides is 1. The average molecular weight is 464 g/mol. The second-order valence-corrected chi connectivity index (χ2v) is 7.34. The van der Waals surface area contributed by atoms with Gasteiger partial charge >= 0.3 is 6.18 Å². The number of nitrogens with one attached hydrogen (secondary N) is 1. The predicted molar refractivity (Wildman–Crippen MR) is 109 cm³/mol. The second kappa shape index (κ2) is 8.24. The number of carbonyl (C=O) groups is 1. The number of aryl methyl sites for hydroxylation is 1. The van der Waals surface area contributed by atoms with Gasteiger partial charge in [0, 0.05) is 32.7 Å². The number of benzene rings is 2. The van der Waals surface area contributed by atoms with Crippen molar-refractivity contribution in [3.8, 4) is 5.69 Å². The van der Waals surface area contributed by atoms with Gasteiger partial charge in [0.1, 0.15) is 0 Å². The Kier molecular flexibility index (Phi) is 5.93. The fraction of sp³-hybridized carbons (Fsp3) is 0.143. The summed E-state index contributed by atoms with van der Waals surface area (Å²) < 4.78 is 41.4. The molecule has 1 aromatic heterocycles. The van der Waals surface area contributed by atoms with Crippen molar-refractivity contribution in [3.63, 3.8) is 0 Å². The molecule has 3 aromatic rings. The van der Waals surface area contributed by atoms with Crippen LogP contribution in [0.1, 0.15) is 32.9 Å². The Balaban J connectivity index is 1.78. The van der Waals surface area contributed by atoms with Crippen LogP contribution in [0.4, 0.5) is 13.2 Å². The molecule has 0 atom stereocenters. The Morgan fingerprint density at radius 1 is 1.10 bits per heavy atom. The van der Waals surface area contributed by atoms with Crippen LogP contribution in [0.2, 0.25) is 0 Å². The van der Waals surface area contributed by atoms with Crippen molar-refractivity contribution in [3.05, 3.63) is 87.1 Å². The molecule has 0 radical (unpaired) electrons. The number of hydrogen-bond acceptors (Lipinski definition) is 2. The van der Waals surface area contributed by atoms with Gasteiger partial charge in [-0.1, -0.05) is 28.1 Å². The summed E-state index contributed by atoms with van der Waals surface area (Å²) in [5.41, 5.74) is 4.93. The Labute approximate surface area is 174 Å². The molecule has 29 heavy (non-hydrogen) atoms. The number of carbonyl (C=O) groups excluding carboxylic acids is 1. The first-order valence-corrected chi connectivity index (χ1v) is 9.41. The minimum atomic E-state index is -4.51. The molecule has 1 amide bonds. The van der Waals surface area contributed by atoms with Gasteiger partial charge in [-0.2, -0.15) is 18.3 Å². The Morgan fingerprint density at radius 3 is 2.52 bits per heavy atom. The number of aromatic nitrogens is 1. The quantitative estimate of drug-likeness (QED) is 0.394. The molecule has 4 nitrogen and oxygen atoms in total. The molecule has 150 valence electrons. The van der Waals surface area contributed by atoms with Crippen molar-refractivity contribution in [1.82, 2.24) is 9.99 Å². The monoisotopic (exact) mass is 463 g/mol.